The van der Waals surface area contributed by atoms with Gasteiger partial charge in [-0.1, -0.05) is 36.4 Å². The molecule has 7 heteroatoms. The number of hydrogen-bond acceptors (Lipinski definition) is 6. The molecular weight excluding hydrogens is 416 g/mol. The number of nitrogens with one attached hydrogen (secondary N) is 1. The Morgan fingerprint density at radius 3 is 2.48 bits per heavy atom. The zero-order chi connectivity index (χ0) is 23.0. The van der Waals surface area contributed by atoms with E-state index in [2.05, 4.69) is 50.3 Å². The summed E-state index contributed by atoms with van der Waals surface area (Å²) in [5.41, 5.74) is 4.46. The molecule has 2 aromatic carbocycles. The van der Waals surface area contributed by atoms with Gasteiger partial charge >= 0.3 is 0 Å². The minimum absolute atomic E-state index is 0.146. The fourth-order valence-corrected chi connectivity index (χ4v) is 4.77. The van der Waals surface area contributed by atoms with E-state index in [1.165, 1.54) is 11.1 Å². The van der Waals surface area contributed by atoms with Crippen molar-refractivity contribution in [3.05, 3.63) is 70.8 Å². The highest BCUT2D eigenvalue weighted by atomic mass is 16.3. The average Bonchev–Trinajstić information content (AvgIpc) is 2.84. The van der Waals surface area contributed by atoms with E-state index >= 15 is 0 Å². The van der Waals surface area contributed by atoms with Crippen LogP contribution >= 0.6 is 0 Å². The first kappa shape index (κ1) is 23.9. The van der Waals surface area contributed by atoms with Crippen LogP contribution in [0.1, 0.15) is 27.0 Å². The molecule has 1 unspecified atom stereocenters. The molecule has 2 aliphatic heterocycles. The second kappa shape index (κ2) is 11.7. The number of aliphatic hydroxyl groups excluding tert-OH is 2. The number of amides is 1. The SMILES string of the molecule is O=C(NCC(O)CN1CCc2ccccc2C1)c1cccc(CN2CCN(CCO)CC2)c1. The molecule has 0 saturated carbocycles. The number of rotatable bonds is 9. The number of β-amino-alcohol motifs (C(OH)–C–C–N with tert-alkyl or cyclic N) is 2. The highest BCUT2D eigenvalue weighted by molar-refractivity contribution is 5.94. The van der Waals surface area contributed by atoms with Crippen LogP contribution in [0.4, 0.5) is 0 Å². The van der Waals surface area contributed by atoms with Crippen molar-refractivity contribution in [2.75, 3.05) is 59.0 Å². The van der Waals surface area contributed by atoms with Crippen molar-refractivity contribution in [3.8, 4) is 0 Å². The average molecular weight is 453 g/mol. The van der Waals surface area contributed by atoms with E-state index < -0.39 is 6.10 Å². The van der Waals surface area contributed by atoms with Crippen molar-refractivity contribution in [3.63, 3.8) is 0 Å². The molecule has 4 rings (SSSR count). The number of fused-ring (bicyclic) bond motifs is 1. The molecule has 33 heavy (non-hydrogen) atoms. The predicted octanol–water partition coefficient (Wildman–Crippen LogP) is 0.945. The maximum Gasteiger partial charge on any atom is 0.251 e. The van der Waals surface area contributed by atoms with Crippen molar-refractivity contribution < 1.29 is 15.0 Å². The number of carbonyl (C=O) groups excluding carboxylic acids is 1. The molecule has 0 bridgehead atoms. The molecule has 7 nitrogen and oxygen atoms in total. The van der Waals surface area contributed by atoms with Gasteiger partial charge in [-0.25, -0.2) is 0 Å². The first-order valence-corrected chi connectivity index (χ1v) is 12.0. The fraction of sp³-hybridized carbons (Fsp3) is 0.500. The Morgan fingerprint density at radius 1 is 0.939 bits per heavy atom. The summed E-state index contributed by atoms with van der Waals surface area (Å²) in [5.74, 6) is -0.146. The lowest BCUT2D eigenvalue weighted by molar-refractivity contribution is 0.0841. The van der Waals surface area contributed by atoms with Gasteiger partial charge in [0.25, 0.3) is 5.91 Å². The minimum Gasteiger partial charge on any atom is -0.395 e. The molecule has 2 aromatic rings. The highest BCUT2D eigenvalue weighted by Crippen LogP contribution is 2.18. The molecule has 3 N–H and O–H groups in total. The Labute approximate surface area is 196 Å². The van der Waals surface area contributed by atoms with E-state index in [9.17, 15) is 9.90 Å². The van der Waals surface area contributed by atoms with Crippen LogP contribution in [-0.4, -0.2) is 95.9 Å². The Morgan fingerprint density at radius 2 is 1.70 bits per heavy atom. The summed E-state index contributed by atoms with van der Waals surface area (Å²) < 4.78 is 0. The van der Waals surface area contributed by atoms with E-state index in [1.54, 1.807) is 0 Å². The largest absolute Gasteiger partial charge is 0.395 e. The summed E-state index contributed by atoms with van der Waals surface area (Å²) in [6.07, 6.45) is 0.399. The van der Waals surface area contributed by atoms with Gasteiger partial charge in [-0.15, -0.1) is 0 Å². The lowest BCUT2D eigenvalue weighted by Gasteiger charge is -2.34. The molecule has 2 aliphatic rings. The van der Waals surface area contributed by atoms with Crippen LogP contribution in [0, 0.1) is 0 Å². The maximum absolute atomic E-state index is 12.7. The summed E-state index contributed by atoms with van der Waals surface area (Å²) >= 11 is 0. The third kappa shape index (κ3) is 6.85. The molecule has 2 heterocycles. The van der Waals surface area contributed by atoms with Gasteiger partial charge in [0.15, 0.2) is 0 Å². The Hall–Kier alpha value is -2.29. The molecule has 0 aliphatic carbocycles. The lowest BCUT2D eigenvalue weighted by atomic mass is 10.00. The first-order valence-electron chi connectivity index (χ1n) is 12.0. The quantitative estimate of drug-likeness (QED) is 0.526. The second-order valence-corrected chi connectivity index (χ2v) is 9.16. The summed E-state index contributed by atoms with van der Waals surface area (Å²) in [7, 11) is 0. The number of hydrogen-bond donors (Lipinski definition) is 3. The monoisotopic (exact) mass is 452 g/mol. The third-order valence-corrected chi connectivity index (χ3v) is 6.65. The standard InChI is InChI=1S/C26H36N4O3/c31-15-14-28-10-12-29(13-11-28)18-21-4-3-7-23(16-21)26(33)27-17-25(32)20-30-9-8-22-5-1-2-6-24(22)19-30/h1-7,16,25,31-32H,8-15,17-20H2,(H,27,33). The van der Waals surface area contributed by atoms with Gasteiger partial charge < -0.3 is 15.5 Å². The van der Waals surface area contributed by atoms with Crippen LogP contribution in [0.2, 0.25) is 0 Å². The van der Waals surface area contributed by atoms with Crippen molar-refractivity contribution >= 4 is 5.91 Å². The van der Waals surface area contributed by atoms with E-state index in [0.717, 1.165) is 64.3 Å². The molecule has 0 radical (unpaired) electrons. The van der Waals surface area contributed by atoms with E-state index in [4.69, 9.17) is 5.11 Å². The number of nitrogens with zero attached hydrogens (tertiary/aromatic N) is 3. The molecule has 1 fully saturated rings. The van der Waals surface area contributed by atoms with Crippen LogP contribution < -0.4 is 5.32 Å². The molecule has 1 saturated heterocycles. The molecule has 0 aromatic heterocycles. The van der Waals surface area contributed by atoms with Crippen LogP contribution in [0.15, 0.2) is 48.5 Å². The Bertz CT molecular complexity index is 914. The Kier molecular flexibility index (Phi) is 8.47. The number of aliphatic hydroxyl groups is 2. The number of benzene rings is 2. The maximum atomic E-state index is 12.7. The van der Waals surface area contributed by atoms with Crippen LogP contribution in [-0.2, 0) is 19.5 Å². The molecular formula is C26H36N4O3. The third-order valence-electron chi connectivity index (χ3n) is 6.65. The summed E-state index contributed by atoms with van der Waals surface area (Å²) in [4.78, 5) is 19.6. The Balaban J connectivity index is 1.22. The lowest BCUT2D eigenvalue weighted by Crippen LogP contribution is -2.46. The molecule has 1 amide bonds. The number of piperazine rings is 1. The van der Waals surface area contributed by atoms with Crippen LogP contribution in [0.25, 0.3) is 0 Å². The van der Waals surface area contributed by atoms with Gasteiger partial charge in [0.05, 0.1) is 12.7 Å². The predicted molar refractivity (Wildman–Crippen MR) is 129 cm³/mol. The number of carbonyl (C=O) groups is 1. The fourth-order valence-electron chi connectivity index (χ4n) is 4.77. The van der Waals surface area contributed by atoms with Crippen LogP contribution in [0.3, 0.4) is 0 Å². The smallest absolute Gasteiger partial charge is 0.251 e. The van der Waals surface area contributed by atoms with E-state index in [-0.39, 0.29) is 19.1 Å². The van der Waals surface area contributed by atoms with Crippen molar-refractivity contribution in [2.45, 2.75) is 25.6 Å². The van der Waals surface area contributed by atoms with E-state index in [1.807, 2.05) is 18.2 Å². The normalized spacial score (nSPS) is 18.6. The van der Waals surface area contributed by atoms with Crippen molar-refractivity contribution in [1.82, 2.24) is 20.0 Å². The highest BCUT2D eigenvalue weighted by Gasteiger charge is 2.20. The zero-order valence-corrected chi connectivity index (χ0v) is 19.3. The minimum atomic E-state index is -0.599. The van der Waals surface area contributed by atoms with Crippen molar-refractivity contribution in [1.29, 1.82) is 0 Å². The first-order chi connectivity index (χ1) is 16.1. The van der Waals surface area contributed by atoms with Crippen LogP contribution in [0.5, 0.6) is 0 Å². The van der Waals surface area contributed by atoms with Gasteiger partial charge in [-0.05, 0) is 35.2 Å². The zero-order valence-electron chi connectivity index (χ0n) is 19.3. The molecule has 1 atom stereocenters. The van der Waals surface area contributed by atoms with Crippen molar-refractivity contribution in [2.24, 2.45) is 0 Å². The topological polar surface area (TPSA) is 79.3 Å². The van der Waals surface area contributed by atoms with Gasteiger partial charge in [0.1, 0.15) is 0 Å². The summed E-state index contributed by atoms with van der Waals surface area (Å²) in [5, 5.41) is 22.5. The summed E-state index contributed by atoms with van der Waals surface area (Å²) in [6, 6.07) is 16.2. The van der Waals surface area contributed by atoms with Gasteiger partial charge in [0.2, 0.25) is 0 Å². The van der Waals surface area contributed by atoms with Gasteiger partial charge in [-0.3, -0.25) is 19.5 Å². The van der Waals surface area contributed by atoms with E-state index in [0.29, 0.717) is 12.1 Å². The van der Waals surface area contributed by atoms with Gasteiger partial charge in [0, 0.05) is 71.0 Å². The van der Waals surface area contributed by atoms with Gasteiger partial charge in [-0.2, -0.15) is 0 Å². The second-order valence-electron chi connectivity index (χ2n) is 9.16. The summed E-state index contributed by atoms with van der Waals surface area (Å²) in [6.45, 7) is 8.17. The molecule has 178 valence electrons. The molecule has 0 spiro atoms.